The minimum Gasteiger partial charge on any atom is -0.391 e. The first kappa shape index (κ1) is 24.7. The molecule has 0 spiro atoms. The van der Waals surface area contributed by atoms with Gasteiger partial charge >= 0.3 is 0 Å². The van der Waals surface area contributed by atoms with Gasteiger partial charge in [-0.15, -0.1) is 11.3 Å². The Balaban J connectivity index is 1.39. The Kier molecular flexibility index (Phi) is 7.26. The van der Waals surface area contributed by atoms with Crippen LogP contribution in [0.4, 0.5) is 9.39 Å². The van der Waals surface area contributed by atoms with Gasteiger partial charge in [0.25, 0.3) is 5.91 Å². The Morgan fingerprint density at radius 1 is 1.25 bits per heavy atom. The van der Waals surface area contributed by atoms with Crippen molar-refractivity contribution in [2.45, 2.75) is 38.1 Å². The largest absolute Gasteiger partial charge is 0.391 e. The van der Waals surface area contributed by atoms with Crippen LogP contribution in [0.1, 0.15) is 55.4 Å². The van der Waals surface area contributed by atoms with Crippen molar-refractivity contribution in [3.8, 4) is 6.07 Å². The first-order chi connectivity index (χ1) is 17.5. The van der Waals surface area contributed by atoms with Gasteiger partial charge in [-0.3, -0.25) is 4.79 Å². The summed E-state index contributed by atoms with van der Waals surface area (Å²) in [6, 6.07) is 14.7. The second-order valence-electron chi connectivity index (χ2n) is 9.08. The lowest BCUT2D eigenvalue weighted by atomic mass is 9.79. The van der Waals surface area contributed by atoms with E-state index in [1.54, 1.807) is 12.1 Å². The molecule has 0 bridgehead atoms. The fourth-order valence-electron chi connectivity index (χ4n) is 5.13. The molecule has 5 rings (SSSR count). The van der Waals surface area contributed by atoms with Crippen LogP contribution >= 0.6 is 23.3 Å². The van der Waals surface area contributed by atoms with Crippen molar-refractivity contribution < 1.29 is 14.3 Å². The van der Waals surface area contributed by atoms with E-state index in [4.69, 9.17) is 0 Å². The van der Waals surface area contributed by atoms with Gasteiger partial charge in [0, 0.05) is 22.9 Å². The maximum atomic E-state index is 14.1. The van der Waals surface area contributed by atoms with E-state index in [2.05, 4.69) is 40.5 Å². The molecule has 1 aliphatic heterocycles. The average molecular weight is 520 g/mol. The molecule has 1 aliphatic carbocycles. The van der Waals surface area contributed by atoms with E-state index in [1.165, 1.54) is 52.1 Å². The number of nitrogens with one attached hydrogen (secondary N) is 1. The van der Waals surface area contributed by atoms with Crippen LogP contribution in [0.25, 0.3) is 0 Å². The van der Waals surface area contributed by atoms with Crippen LogP contribution in [0, 0.1) is 17.1 Å². The van der Waals surface area contributed by atoms with Crippen molar-refractivity contribution in [1.29, 1.82) is 5.26 Å². The van der Waals surface area contributed by atoms with E-state index in [1.807, 2.05) is 0 Å². The van der Waals surface area contributed by atoms with Crippen LogP contribution in [0.5, 0.6) is 0 Å². The van der Waals surface area contributed by atoms with Gasteiger partial charge in [-0.1, -0.05) is 36.9 Å². The van der Waals surface area contributed by atoms with Crippen molar-refractivity contribution in [2.24, 2.45) is 0 Å². The number of aliphatic hydroxyl groups is 1. The summed E-state index contributed by atoms with van der Waals surface area (Å²) in [7, 11) is 0. The molecule has 2 aliphatic rings. The molecule has 3 aromatic rings. The summed E-state index contributed by atoms with van der Waals surface area (Å²) in [5, 5.41) is 22.5. The van der Waals surface area contributed by atoms with E-state index >= 15 is 0 Å². The van der Waals surface area contributed by atoms with Gasteiger partial charge in [0.05, 0.1) is 17.7 Å². The number of amides is 1. The van der Waals surface area contributed by atoms with E-state index < -0.39 is 11.7 Å². The SMILES string of the molecule is C=C(CO)SN1CCc2cccc(C3CCc4c(sc(NC(=O)c5ccccc5F)c4C#N)C3)c2C1. The van der Waals surface area contributed by atoms with Gasteiger partial charge in [0.1, 0.15) is 16.9 Å². The topological polar surface area (TPSA) is 76.4 Å². The third kappa shape index (κ3) is 4.84. The van der Waals surface area contributed by atoms with Crippen molar-refractivity contribution in [3.63, 3.8) is 0 Å². The number of carbonyl (C=O) groups excluding carboxylic acids is 1. The molecule has 1 unspecified atom stereocenters. The number of carbonyl (C=O) groups is 1. The molecule has 36 heavy (non-hydrogen) atoms. The van der Waals surface area contributed by atoms with Crippen molar-refractivity contribution in [2.75, 3.05) is 18.5 Å². The summed E-state index contributed by atoms with van der Waals surface area (Å²) in [4.78, 5) is 14.6. The smallest absolute Gasteiger partial charge is 0.259 e. The number of thiophene rings is 1. The third-order valence-corrected chi connectivity index (χ3v) is 9.00. The zero-order valence-electron chi connectivity index (χ0n) is 19.7. The number of anilines is 1. The number of rotatable bonds is 6. The quantitative estimate of drug-likeness (QED) is 0.403. The van der Waals surface area contributed by atoms with Crippen LogP contribution in [-0.4, -0.2) is 28.5 Å². The zero-order chi connectivity index (χ0) is 25.2. The Bertz CT molecular complexity index is 1380. The van der Waals surface area contributed by atoms with Gasteiger partial charge in [0.15, 0.2) is 0 Å². The number of nitriles is 1. The first-order valence-corrected chi connectivity index (χ1v) is 13.5. The molecule has 2 heterocycles. The molecule has 0 saturated heterocycles. The fraction of sp³-hybridized carbons (Fsp3) is 0.286. The summed E-state index contributed by atoms with van der Waals surface area (Å²) in [6.07, 6.45) is 3.44. The number of fused-ring (bicyclic) bond motifs is 2. The molecule has 0 fully saturated rings. The highest BCUT2D eigenvalue weighted by atomic mass is 32.2. The number of benzene rings is 2. The zero-order valence-corrected chi connectivity index (χ0v) is 21.4. The normalized spacial score (nSPS) is 17.1. The van der Waals surface area contributed by atoms with Crippen molar-refractivity contribution in [3.05, 3.63) is 98.0 Å². The van der Waals surface area contributed by atoms with Gasteiger partial charge in [0.2, 0.25) is 0 Å². The highest BCUT2D eigenvalue weighted by Gasteiger charge is 2.30. The van der Waals surface area contributed by atoms with E-state index in [0.717, 1.165) is 54.1 Å². The van der Waals surface area contributed by atoms with Crippen molar-refractivity contribution in [1.82, 2.24) is 4.31 Å². The second-order valence-corrected chi connectivity index (χ2v) is 11.5. The average Bonchev–Trinajstić information content (AvgIpc) is 3.24. The first-order valence-electron chi connectivity index (χ1n) is 11.9. The molecule has 2 N–H and O–H groups in total. The highest BCUT2D eigenvalue weighted by molar-refractivity contribution is 8.00. The minimum atomic E-state index is -0.585. The summed E-state index contributed by atoms with van der Waals surface area (Å²) in [6.45, 7) is 5.60. The van der Waals surface area contributed by atoms with Crippen LogP contribution in [0.2, 0.25) is 0 Å². The molecule has 0 saturated carbocycles. The van der Waals surface area contributed by atoms with E-state index in [0.29, 0.717) is 16.5 Å². The Hall–Kier alpha value is -2.96. The summed E-state index contributed by atoms with van der Waals surface area (Å²) in [5.74, 6) is -0.809. The van der Waals surface area contributed by atoms with Crippen LogP contribution in [0.15, 0.2) is 53.9 Å². The number of hydrogen-bond acceptors (Lipinski definition) is 6. The standard InChI is InChI=1S/C28H26FN3O2S2/c1-17(16-33)36-32-12-11-18-5-4-7-20(24(18)15-32)19-9-10-21-23(14-30)28(35-26(21)13-19)31-27(34)22-6-2-3-8-25(22)29/h2-8,19,33H,1,9-13,15-16H2,(H,31,34). The molecule has 1 aromatic heterocycles. The molecule has 2 aromatic carbocycles. The van der Waals surface area contributed by atoms with Crippen LogP contribution < -0.4 is 5.32 Å². The summed E-state index contributed by atoms with van der Waals surface area (Å²) < 4.78 is 16.4. The molecular weight excluding hydrogens is 493 g/mol. The fourth-order valence-corrected chi connectivity index (χ4v) is 7.20. The maximum Gasteiger partial charge on any atom is 0.259 e. The second kappa shape index (κ2) is 10.6. The monoisotopic (exact) mass is 519 g/mol. The molecule has 8 heteroatoms. The molecule has 1 atom stereocenters. The van der Waals surface area contributed by atoms with Crippen molar-refractivity contribution >= 4 is 34.2 Å². The predicted molar refractivity (Wildman–Crippen MR) is 143 cm³/mol. The lowest BCUT2D eigenvalue weighted by molar-refractivity contribution is 0.102. The van der Waals surface area contributed by atoms with Gasteiger partial charge in [-0.25, -0.2) is 8.70 Å². The number of aliphatic hydroxyl groups excluding tert-OH is 1. The molecule has 5 nitrogen and oxygen atoms in total. The number of hydrogen-bond donors (Lipinski definition) is 2. The lowest BCUT2D eigenvalue weighted by Crippen LogP contribution is -2.27. The van der Waals surface area contributed by atoms with Crippen LogP contribution in [0.3, 0.4) is 0 Å². The van der Waals surface area contributed by atoms with Crippen LogP contribution in [-0.2, 0) is 25.8 Å². The highest BCUT2D eigenvalue weighted by Crippen LogP contribution is 2.44. The van der Waals surface area contributed by atoms with Gasteiger partial charge in [-0.2, -0.15) is 5.26 Å². The summed E-state index contributed by atoms with van der Waals surface area (Å²) >= 11 is 2.96. The Morgan fingerprint density at radius 2 is 2.08 bits per heavy atom. The van der Waals surface area contributed by atoms with Gasteiger partial charge in [-0.05, 0) is 77.9 Å². The number of halogens is 1. The predicted octanol–water partition coefficient (Wildman–Crippen LogP) is 5.80. The maximum absolute atomic E-state index is 14.1. The summed E-state index contributed by atoms with van der Waals surface area (Å²) in [5.41, 5.74) is 5.52. The Labute approximate surface area is 218 Å². The van der Waals surface area contributed by atoms with Gasteiger partial charge < -0.3 is 10.4 Å². The molecule has 184 valence electrons. The lowest BCUT2D eigenvalue weighted by Gasteiger charge is -2.32. The number of nitrogens with zero attached hydrogens (tertiary/aromatic N) is 2. The third-order valence-electron chi connectivity index (χ3n) is 6.87. The Morgan fingerprint density at radius 3 is 2.86 bits per heavy atom. The molecule has 1 amide bonds. The van der Waals surface area contributed by atoms with E-state index in [9.17, 15) is 19.6 Å². The molecule has 0 radical (unpaired) electrons. The molecular formula is C28H26FN3O2S2. The van der Waals surface area contributed by atoms with E-state index in [-0.39, 0.29) is 12.2 Å². The minimum absolute atomic E-state index is 0.0313.